The number of nitrogens with two attached hydrogens (primary N) is 1. The summed E-state index contributed by atoms with van der Waals surface area (Å²) >= 11 is 0. The van der Waals surface area contributed by atoms with Gasteiger partial charge in [-0.05, 0) is 11.6 Å². The molecule has 0 aliphatic heterocycles. The van der Waals surface area contributed by atoms with Gasteiger partial charge in [0.25, 0.3) is 0 Å². The molecule has 0 fully saturated rings. The molecular formula is C8H13N3O2. The van der Waals surface area contributed by atoms with Crippen LogP contribution >= 0.6 is 0 Å². The maximum atomic E-state index is 10.4. The van der Waals surface area contributed by atoms with Gasteiger partial charge in [0.2, 0.25) is 5.91 Å². The van der Waals surface area contributed by atoms with E-state index in [1.165, 1.54) is 0 Å². The highest BCUT2D eigenvalue weighted by Gasteiger charge is 2.08. The lowest BCUT2D eigenvalue weighted by atomic mass is 10.3. The third kappa shape index (κ3) is 3.27. The van der Waals surface area contributed by atoms with Crippen LogP contribution in [0, 0.1) is 0 Å². The first-order chi connectivity index (χ1) is 6.20. The van der Waals surface area contributed by atoms with E-state index >= 15 is 0 Å². The smallest absolute Gasteiger partial charge is 0.247 e. The topological polar surface area (TPSA) is 91.1 Å². The van der Waals surface area contributed by atoms with Crippen LogP contribution < -0.4 is 11.1 Å². The van der Waals surface area contributed by atoms with Gasteiger partial charge >= 0.3 is 0 Å². The van der Waals surface area contributed by atoms with Gasteiger partial charge in [0.1, 0.15) is 6.10 Å². The van der Waals surface area contributed by atoms with Gasteiger partial charge in [0.05, 0.1) is 0 Å². The second-order valence-corrected chi connectivity index (χ2v) is 2.77. The monoisotopic (exact) mass is 183 g/mol. The van der Waals surface area contributed by atoms with Crippen molar-refractivity contribution in [1.29, 1.82) is 0 Å². The van der Waals surface area contributed by atoms with E-state index < -0.39 is 12.0 Å². The van der Waals surface area contributed by atoms with Crippen LogP contribution in [-0.4, -0.2) is 28.6 Å². The van der Waals surface area contributed by atoms with Crippen molar-refractivity contribution < 1.29 is 9.90 Å². The third-order valence-corrected chi connectivity index (χ3v) is 1.66. The van der Waals surface area contributed by atoms with Crippen molar-refractivity contribution in [1.82, 2.24) is 10.3 Å². The van der Waals surface area contributed by atoms with Crippen molar-refractivity contribution >= 4 is 5.91 Å². The normalized spacial score (nSPS) is 12.7. The molecule has 5 nitrogen and oxygen atoms in total. The number of nitrogens with one attached hydrogen (secondary N) is 2. The molecule has 0 saturated heterocycles. The van der Waals surface area contributed by atoms with E-state index in [1.54, 1.807) is 0 Å². The zero-order valence-corrected chi connectivity index (χ0v) is 7.16. The number of primary amides is 1. The average Bonchev–Trinajstić information content (AvgIpc) is 2.56. The molecule has 0 aromatic carbocycles. The number of carbonyl (C=O) groups excluding carboxylic acids is 1. The van der Waals surface area contributed by atoms with Gasteiger partial charge in [0, 0.05) is 25.5 Å². The minimum Gasteiger partial charge on any atom is -0.382 e. The summed E-state index contributed by atoms with van der Waals surface area (Å²) in [5.74, 6) is -0.707. The zero-order chi connectivity index (χ0) is 9.68. The molecule has 1 aromatic rings. The summed E-state index contributed by atoms with van der Waals surface area (Å²) in [6, 6.07) is 1.91. The zero-order valence-electron chi connectivity index (χ0n) is 7.16. The molecule has 1 amide bonds. The molecular weight excluding hydrogens is 170 g/mol. The molecule has 1 aromatic heterocycles. The van der Waals surface area contributed by atoms with Gasteiger partial charge in [-0.25, -0.2) is 0 Å². The highest BCUT2D eigenvalue weighted by atomic mass is 16.3. The number of aliphatic hydroxyl groups excluding tert-OH is 1. The van der Waals surface area contributed by atoms with Gasteiger partial charge in [-0.2, -0.15) is 0 Å². The van der Waals surface area contributed by atoms with Crippen LogP contribution in [0.25, 0.3) is 0 Å². The van der Waals surface area contributed by atoms with Crippen molar-refractivity contribution in [2.24, 2.45) is 5.73 Å². The van der Waals surface area contributed by atoms with Crippen molar-refractivity contribution in [3.05, 3.63) is 24.0 Å². The molecule has 0 radical (unpaired) electrons. The Morgan fingerprint density at radius 3 is 3.08 bits per heavy atom. The van der Waals surface area contributed by atoms with Gasteiger partial charge in [-0.1, -0.05) is 0 Å². The number of hydrogen-bond donors (Lipinski definition) is 4. The quantitative estimate of drug-likeness (QED) is 0.469. The summed E-state index contributed by atoms with van der Waals surface area (Å²) in [5.41, 5.74) is 5.93. The summed E-state index contributed by atoms with van der Waals surface area (Å²) in [6.45, 7) is 0.786. The number of rotatable bonds is 5. The molecule has 0 bridgehead atoms. The lowest BCUT2D eigenvalue weighted by molar-refractivity contribution is -0.125. The van der Waals surface area contributed by atoms with E-state index in [2.05, 4.69) is 10.3 Å². The number of aromatic nitrogens is 1. The Labute approximate surface area is 75.9 Å². The Morgan fingerprint density at radius 2 is 2.54 bits per heavy atom. The predicted octanol–water partition coefficient (Wildman–Crippen LogP) is -1.05. The molecule has 5 heteroatoms. The van der Waals surface area contributed by atoms with Crippen molar-refractivity contribution in [3.63, 3.8) is 0 Å². The van der Waals surface area contributed by atoms with Crippen molar-refractivity contribution in [2.45, 2.75) is 12.6 Å². The number of aliphatic hydroxyl groups is 1. The SMILES string of the molecule is NC(=O)C(O)CNCc1cc[nH]c1. The Morgan fingerprint density at radius 1 is 1.77 bits per heavy atom. The molecule has 0 spiro atoms. The van der Waals surface area contributed by atoms with Crippen LogP contribution in [0.3, 0.4) is 0 Å². The number of carbonyl (C=O) groups is 1. The lowest BCUT2D eigenvalue weighted by Gasteiger charge is -2.06. The van der Waals surface area contributed by atoms with Crippen LogP contribution in [0.15, 0.2) is 18.5 Å². The van der Waals surface area contributed by atoms with Gasteiger partial charge < -0.3 is 21.1 Å². The highest BCUT2D eigenvalue weighted by Crippen LogP contribution is 1.94. The van der Waals surface area contributed by atoms with Crippen LogP contribution in [0.5, 0.6) is 0 Å². The first-order valence-electron chi connectivity index (χ1n) is 4.00. The second kappa shape index (κ2) is 4.64. The molecule has 1 rings (SSSR count). The number of H-pyrrole nitrogens is 1. The average molecular weight is 183 g/mol. The Balaban J connectivity index is 2.18. The fraction of sp³-hybridized carbons (Fsp3) is 0.375. The first kappa shape index (κ1) is 9.76. The third-order valence-electron chi connectivity index (χ3n) is 1.66. The molecule has 5 N–H and O–H groups in total. The van der Waals surface area contributed by atoms with Gasteiger partial charge in [-0.15, -0.1) is 0 Å². The van der Waals surface area contributed by atoms with Gasteiger partial charge in [-0.3, -0.25) is 4.79 Å². The van der Waals surface area contributed by atoms with Crippen LogP contribution in [0.2, 0.25) is 0 Å². The fourth-order valence-electron chi connectivity index (χ4n) is 0.922. The summed E-state index contributed by atoms with van der Waals surface area (Å²) in [4.78, 5) is 13.3. The molecule has 0 aliphatic carbocycles. The lowest BCUT2D eigenvalue weighted by Crippen LogP contribution is -2.37. The molecule has 13 heavy (non-hydrogen) atoms. The van der Waals surface area contributed by atoms with E-state index in [1.807, 2.05) is 18.5 Å². The standard InChI is InChI=1S/C8H13N3O2/c9-8(13)7(12)5-11-4-6-1-2-10-3-6/h1-3,7,10-12H,4-5H2,(H2,9,13). The van der Waals surface area contributed by atoms with E-state index in [0.29, 0.717) is 6.54 Å². The molecule has 1 atom stereocenters. The van der Waals surface area contributed by atoms with Crippen LogP contribution in [0.4, 0.5) is 0 Å². The molecule has 1 unspecified atom stereocenters. The van der Waals surface area contributed by atoms with Crippen LogP contribution in [0.1, 0.15) is 5.56 Å². The Hall–Kier alpha value is -1.33. The maximum absolute atomic E-state index is 10.4. The summed E-state index contributed by atoms with van der Waals surface area (Å²) in [6.07, 6.45) is 2.53. The largest absolute Gasteiger partial charge is 0.382 e. The molecule has 0 aliphatic rings. The minimum absolute atomic E-state index is 0.181. The summed E-state index contributed by atoms with van der Waals surface area (Å²) < 4.78 is 0. The van der Waals surface area contributed by atoms with E-state index in [0.717, 1.165) is 5.56 Å². The van der Waals surface area contributed by atoms with E-state index in [4.69, 9.17) is 10.8 Å². The summed E-state index contributed by atoms with van der Waals surface area (Å²) in [5, 5.41) is 11.9. The van der Waals surface area contributed by atoms with Crippen molar-refractivity contribution in [3.8, 4) is 0 Å². The predicted molar refractivity (Wildman–Crippen MR) is 47.7 cm³/mol. The van der Waals surface area contributed by atoms with E-state index in [9.17, 15) is 4.79 Å². The Kier molecular flexibility index (Phi) is 3.48. The molecule has 72 valence electrons. The fourth-order valence-corrected chi connectivity index (χ4v) is 0.922. The van der Waals surface area contributed by atoms with Crippen LogP contribution in [-0.2, 0) is 11.3 Å². The molecule has 1 heterocycles. The van der Waals surface area contributed by atoms with Crippen molar-refractivity contribution in [2.75, 3.05) is 6.54 Å². The maximum Gasteiger partial charge on any atom is 0.247 e. The Bertz CT molecular complexity index is 258. The number of hydrogen-bond acceptors (Lipinski definition) is 3. The number of aromatic amines is 1. The summed E-state index contributed by atoms with van der Waals surface area (Å²) in [7, 11) is 0. The second-order valence-electron chi connectivity index (χ2n) is 2.77. The molecule has 0 saturated carbocycles. The minimum atomic E-state index is -1.11. The van der Waals surface area contributed by atoms with Gasteiger partial charge in [0.15, 0.2) is 0 Å². The number of amides is 1. The highest BCUT2D eigenvalue weighted by molar-refractivity contribution is 5.78. The first-order valence-corrected chi connectivity index (χ1v) is 4.00. The van der Waals surface area contributed by atoms with E-state index in [-0.39, 0.29) is 6.54 Å².